The average molecular weight is 329 g/mol. The lowest BCUT2D eigenvalue weighted by atomic mass is 9.81. The van der Waals surface area contributed by atoms with Gasteiger partial charge < -0.3 is 5.32 Å². The van der Waals surface area contributed by atoms with E-state index in [1.54, 1.807) is 11.3 Å². The van der Waals surface area contributed by atoms with Gasteiger partial charge in [0.25, 0.3) is 0 Å². The minimum atomic E-state index is -3.38. The van der Waals surface area contributed by atoms with Crippen molar-refractivity contribution >= 4 is 21.4 Å². The molecule has 1 heterocycles. The molecule has 2 aliphatic rings. The van der Waals surface area contributed by atoms with Crippen LogP contribution in [0.15, 0.2) is 11.0 Å². The monoisotopic (exact) mass is 328 g/mol. The van der Waals surface area contributed by atoms with Crippen molar-refractivity contribution in [3.8, 4) is 0 Å². The highest BCUT2D eigenvalue weighted by Crippen LogP contribution is 2.31. The fourth-order valence-corrected chi connectivity index (χ4v) is 5.65. The smallest absolute Gasteiger partial charge is 0.241 e. The Morgan fingerprint density at radius 1 is 1.33 bits per heavy atom. The Balaban J connectivity index is 1.68. The van der Waals surface area contributed by atoms with E-state index in [0.29, 0.717) is 16.9 Å². The summed E-state index contributed by atoms with van der Waals surface area (Å²) in [7, 11) is -3.38. The summed E-state index contributed by atoms with van der Waals surface area (Å²) in [5.74, 6) is 0.509. The first-order chi connectivity index (χ1) is 9.95. The summed E-state index contributed by atoms with van der Waals surface area (Å²) < 4.78 is 28.0. The Hall–Kier alpha value is -0.430. The van der Waals surface area contributed by atoms with E-state index in [4.69, 9.17) is 0 Å². The molecule has 0 saturated heterocycles. The number of nitrogens with one attached hydrogen (secondary N) is 2. The molecule has 6 heteroatoms. The number of aryl methyl sites for hydroxylation is 1. The molecule has 1 unspecified atom stereocenters. The molecule has 118 valence electrons. The summed E-state index contributed by atoms with van der Waals surface area (Å²) in [6.07, 6.45) is 6.00. The molecule has 2 aliphatic carbocycles. The molecule has 0 bridgehead atoms. The normalized spacial score (nSPS) is 21.2. The van der Waals surface area contributed by atoms with Crippen LogP contribution in [0, 0.1) is 12.8 Å². The molecule has 4 nitrogen and oxygen atoms in total. The second-order valence-electron chi connectivity index (χ2n) is 6.39. The summed E-state index contributed by atoms with van der Waals surface area (Å²) in [6.45, 7) is 4.66. The Labute approximate surface area is 131 Å². The highest BCUT2D eigenvalue weighted by Gasteiger charge is 2.29. The first-order valence-corrected chi connectivity index (χ1v) is 10.1. The molecule has 2 fully saturated rings. The third kappa shape index (κ3) is 3.67. The summed E-state index contributed by atoms with van der Waals surface area (Å²) in [4.78, 5) is 2.46. The van der Waals surface area contributed by atoms with Gasteiger partial charge in [-0.05, 0) is 51.5 Å². The lowest BCUT2D eigenvalue weighted by molar-refractivity contribution is 0.260. The standard InChI is InChI=1S/C15H24N2O2S2/c1-10(12-4-3-5-12)17-21(18,19)15-8-14(20-11(15)2)9-16-13-6-7-13/h8,10,12-13,16-17H,3-7,9H2,1-2H3. The number of sulfonamides is 1. The summed E-state index contributed by atoms with van der Waals surface area (Å²) in [5.41, 5.74) is 0. The van der Waals surface area contributed by atoms with Gasteiger partial charge in [-0.3, -0.25) is 0 Å². The van der Waals surface area contributed by atoms with E-state index in [1.165, 1.54) is 19.3 Å². The molecule has 0 amide bonds. The number of rotatable bonds is 7. The van der Waals surface area contributed by atoms with Crippen molar-refractivity contribution in [3.63, 3.8) is 0 Å². The molecule has 21 heavy (non-hydrogen) atoms. The third-order valence-corrected chi connectivity index (χ3v) is 7.42. The maximum absolute atomic E-state index is 12.5. The van der Waals surface area contributed by atoms with Crippen LogP contribution in [-0.2, 0) is 16.6 Å². The predicted molar refractivity (Wildman–Crippen MR) is 86.0 cm³/mol. The first-order valence-electron chi connectivity index (χ1n) is 7.81. The van der Waals surface area contributed by atoms with Crippen molar-refractivity contribution < 1.29 is 8.42 Å². The Morgan fingerprint density at radius 2 is 2.05 bits per heavy atom. The van der Waals surface area contributed by atoms with Crippen LogP contribution < -0.4 is 10.0 Å². The van der Waals surface area contributed by atoms with Crippen molar-refractivity contribution in [1.82, 2.24) is 10.0 Å². The molecule has 1 atom stereocenters. The zero-order valence-corrected chi connectivity index (χ0v) is 14.3. The van der Waals surface area contributed by atoms with Gasteiger partial charge in [-0.1, -0.05) is 6.42 Å². The summed E-state index contributed by atoms with van der Waals surface area (Å²) in [5, 5.41) is 3.44. The predicted octanol–water partition coefficient (Wildman–Crippen LogP) is 2.78. The highest BCUT2D eigenvalue weighted by molar-refractivity contribution is 7.89. The van der Waals surface area contributed by atoms with Crippen LogP contribution in [0.25, 0.3) is 0 Å². The minimum absolute atomic E-state index is 0.0380. The molecule has 2 N–H and O–H groups in total. The van der Waals surface area contributed by atoms with E-state index in [1.807, 2.05) is 19.9 Å². The maximum Gasteiger partial charge on any atom is 0.241 e. The van der Waals surface area contributed by atoms with Gasteiger partial charge in [0.05, 0.1) is 4.90 Å². The molecule has 1 aromatic rings. The van der Waals surface area contributed by atoms with Crippen LogP contribution in [0.3, 0.4) is 0 Å². The largest absolute Gasteiger partial charge is 0.309 e. The van der Waals surface area contributed by atoms with Gasteiger partial charge in [-0.25, -0.2) is 13.1 Å². The second-order valence-corrected chi connectivity index (χ2v) is 9.41. The molecule has 0 aromatic carbocycles. The third-order valence-electron chi connectivity index (χ3n) is 4.55. The Morgan fingerprint density at radius 3 is 2.62 bits per heavy atom. The van der Waals surface area contributed by atoms with Crippen LogP contribution in [0.4, 0.5) is 0 Å². The van der Waals surface area contributed by atoms with Gasteiger partial charge in [-0.2, -0.15) is 0 Å². The molecule has 1 aromatic heterocycles. The fourth-order valence-electron chi connectivity index (χ4n) is 2.75. The van der Waals surface area contributed by atoms with Crippen LogP contribution in [0.5, 0.6) is 0 Å². The van der Waals surface area contributed by atoms with Crippen LogP contribution in [0.2, 0.25) is 0 Å². The van der Waals surface area contributed by atoms with Crippen molar-refractivity contribution in [2.75, 3.05) is 0 Å². The van der Waals surface area contributed by atoms with Crippen LogP contribution >= 0.6 is 11.3 Å². The zero-order valence-electron chi connectivity index (χ0n) is 12.7. The second kappa shape index (κ2) is 5.99. The highest BCUT2D eigenvalue weighted by atomic mass is 32.2. The van der Waals surface area contributed by atoms with Gasteiger partial charge in [0.2, 0.25) is 10.0 Å². The van der Waals surface area contributed by atoms with Gasteiger partial charge in [0, 0.05) is 28.4 Å². The van der Waals surface area contributed by atoms with Crippen molar-refractivity contribution in [3.05, 3.63) is 15.8 Å². The fraction of sp³-hybridized carbons (Fsp3) is 0.733. The first kappa shape index (κ1) is 15.5. The lowest BCUT2D eigenvalue weighted by Gasteiger charge is -2.31. The average Bonchev–Trinajstić information content (AvgIpc) is 3.06. The van der Waals surface area contributed by atoms with Crippen molar-refractivity contribution in [2.24, 2.45) is 5.92 Å². The molecular formula is C15H24N2O2S2. The van der Waals surface area contributed by atoms with E-state index in [9.17, 15) is 8.42 Å². The number of hydrogen-bond acceptors (Lipinski definition) is 4. The lowest BCUT2D eigenvalue weighted by Crippen LogP contribution is -2.40. The number of hydrogen-bond donors (Lipinski definition) is 2. The van der Waals surface area contributed by atoms with Gasteiger partial charge in [0.1, 0.15) is 0 Å². The maximum atomic E-state index is 12.5. The van der Waals surface area contributed by atoms with Crippen LogP contribution in [-0.4, -0.2) is 20.5 Å². The van der Waals surface area contributed by atoms with Gasteiger partial charge in [-0.15, -0.1) is 11.3 Å². The van der Waals surface area contributed by atoms with Crippen molar-refractivity contribution in [1.29, 1.82) is 0 Å². The van der Waals surface area contributed by atoms with Crippen LogP contribution in [0.1, 0.15) is 48.8 Å². The van der Waals surface area contributed by atoms with Gasteiger partial charge >= 0.3 is 0 Å². The Bertz CT molecular complexity index is 601. The molecular weight excluding hydrogens is 304 g/mol. The van der Waals surface area contributed by atoms with E-state index in [-0.39, 0.29) is 6.04 Å². The van der Waals surface area contributed by atoms with E-state index in [2.05, 4.69) is 10.0 Å². The topological polar surface area (TPSA) is 58.2 Å². The molecule has 0 spiro atoms. The summed E-state index contributed by atoms with van der Waals surface area (Å²) >= 11 is 1.58. The molecule has 2 saturated carbocycles. The van der Waals surface area contributed by atoms with E-state index < -0.39 is 10.0 Å². The molecule has 0 radical (unpaired) electrons. The minimum Gasteiger partial charge on any atom is -0.309 e. The van der Waals surface area contributed by atoms with E-state index in [0.717, 1.165) is 29.1 Å². The number of thiophene rings is 1. The molecule has 3 rings (SSSR count). The molecule has 0 aliphatic heterocycles. The zero-order chi connectivity index (χ0) is 15.0. The Kier molecular flexibility index (Phi) is 4.41. The quantitative estimate of drug-likeness (QED) is 0.809. The van der Waals surface area contributed by atoms with E-state index >= 15 is 0 Å². The SMILES string of the molecule is Cc1sc(CNC2CC2)cc1S(=O)(=O)NC(C)C1CCC1. The van der Waals surface area contributed by atoms with Gasteiger partial charge in [0.15, 0.2) is 0 Å². The van der Waals surface area contributed by atoms with Crippen molar-refractivity contribution in [2.45, 2.75) is 69.5 Å². The summed E-state index contributed by atoms with van der Waals surface area (Å²) in [6, 6.07) is 2.52.